The normalized spacial score (nSPS) is 14.3. The van der Waals surface area contributed by atoms with Crippen molar-refractivity contribution in [2.24, 2.45) is 0 Å². The molecule has 0 aliphatic carbocycles. The van der Waals surface area contributed by atoms with Gasteiger partial charge >= 0.3 is 11.9 Å². The highest BCUT2D eigenvalue weighted by Gasteiger charge is 2.29. The Labute approximate surface area is 87.5 Å². The van der Waals surface area contributed by atoms with Crippen LogP contribution in [-0.4, -0.2) is 58.4 Å². The van der Waals surface area contributed by atoms with Crippen LogP contribution < -0.4 is 0 Å². The van der Waals surface area contributed by atoms with E-state index in [1.807, 2.05) is 0 Å². The summed E-state index contributed by atoms with van der Waals surface area (Å²) in [5, 5.41) is 26.2. The van der Waals surface area contributed by atoms with Crippen LogP contribution in [-0.2, 0) is 9.59 Å². The lowest BCUT2D eigenvalue weighted by Gasteiger charge is -2.23. The summed E-state index contributed by atoms with van der Waals surface area (Å²) >= 11 is 0. The average Bonchev–Trinajstić information content (AvgIpc) is 1.81. The number of hydrogen-bond donors (Lipinski definition) is 3. The molecule has 0 saturated carbocycles. The predicted molar refractivity (Wildman–Crippen MR) is 50.6 cm³/mol. The van der Waals surface area contributed by atoms with Crippen LogP contribution in [0.5, 0.6) is 0 Å². The van der Waals surface area contributed by atoms with Gasteiger partial charge < -0.3 is 15.3 Å². The van der Waals surface area contributed by atoms with E-state index in [0.717, 1.165) is 0 Å². The van der Waals surface area contributed by atoms with Crippen LogP contribution in [0.3, 0.4) is 0 Å². The Hall–Kier alpha value is -0.850. The van der Waals surface area contributed by atoms with Gasteiger partial charge in [-0.05, 0) is 14.1 Å². The van der Waals surface area contributed by atoms with Crippen molar-refractivity contribution in [1.82, 2.24) is 4.90 Å². The summed E-state index contributed by atoms with van der Waals surface area (Å²) < 4.78 is 0. The van der Waals surface area contributed by atoms with E-state index in [1.54, 1.807) is 0 Å². The third kappa shape index (κ3) is 5.00. The van der Waals surface area contributed by atoms with Gasteiger partial charge in [-0.1, -0.05) is 0 Å². The van der Waals surface area contributed by atoms with Crippen LogP contribution in [0.25, 0.3) is 0 Å². The first-order valence-electron chi connectivity index (χ1n) is 3.65. The highest BCUT2D eigenvalue weighted by molar-refractivity contribution is 5.85. The summed E-state index contributed by atoms with van der Waals surface area (Å²) in [6, 6.07) is -1.18. The van der Waals surface area contributed by atoms with Crippen molar-refractivity contribution < 1.29 is 24.9 Å². The van der Waals surface area contributed by atoms with Gasteiger partial charge in [0.25, 0.3) is 0 Å². The minimum absolute atomic E-state index is 0. The lowest BCUT2D eigenvalue weighted by molar-refractivity contribution is -0.149. The quantitative estimate of drug-likeness (QED) is 0.572. The fourth-order valence-corrected chi connectivity index (χ4v) is 1.02. The molecule has 0 aliphatic rings. The lowest BCUT2D eigenvalue weighted by atomic mass is 10.1. The van der Waals surface area contributed by atoms with Crippen LogP contribution in [0.2, 0.25) is 0 Å². The number of carboxylic acid groups (broad SMARTS) is 2. The van der Waals surface area contributed by atoms with Gasteiger partial charge in [-0.15, -0.1) is 12.4 Å². The van der Waals surface area contributed by atoms with E-state index in [0.29, 0.717) is 0 Å². The monoisotopic (exact) mass is 227 g/mol. The van der Waals surface area contributed by atoms with Crippen LogP contribution in [0.15, 0.2) is 0 Å². The molecular weight excluding hydrogens is 214 g/mol. The molecule has 0 amide bonds. The molecule has 2 atom stereocenters. The molecule has 14 heavy (non-hydrogen) atoms. The molecule has 0 rings (SSSR count). The van der Waals surface area contributed by atoms with Gasteiger partial charge in [-0.2, -0.15) is 0 Å². The number of aliphatic hydroxyl groups excluding tert-OH is 1. The Morgan fingerprint density at radius 2 is 1.71 bits per heavy atom. The summed E-state index contributed by atoms with van der Waals surface area (Å²) in [5.74, 6) is -2.46. The molecule has 0 saturated heterocycles. The summed E-state index contributed by atoms with van der Waals surface area (Å²) in [6.07, 6.45) is -1.97. The van der Waals surface area contributed by atoms with Gasteiger partial charge in [0.15, 0.2) is 0 Å². The zero-order valence-corrected chi connectivity index (χ0v) is 8.69. The molecule has 0 bridgehead atoms. The minimum atomic E-state index is -1.40. The zero-order valence-electron chi connectivity index (χ0n) is 7.88. The number of aliphatic hydroxyl groups is 1. The summed E-state index contributed by atoms with van der Waals surface area (Å²) in [6.45, 7) is 0. The maximum absolute atomic E-state index is 10.6. The average molecular weight is 228 g/mol. The number of aliphatic carboxylic acids is 2. The number of rotatable bonds is 5. The second-order valence-electron chi connectivity index (χ2n) is 2.91. The highest BCUT2D eigenvalue weighted by Crippen LogP contribution is 2.05. The summed E-state index contributed by atoms with van der Waals surface area (Å²) in [4.78, 5) is 22.0. The van der Waals surface area contributed by atoms with Crippen LogP contribution in [0.4, 0.5) is 0 Å². The van der Waals surface area contributed by atoms with Crippen molar-refractivity contribution in [2.45, 2.75) is 18.6 Å². The highest BCUT2D eigenvalue weighted by atomic mass is 35.5. The summed E-state index contributed by atoms with van der Waals surface area (Å²) in [7, 11) is 2.92. The second kappa shape index (κ2) is 6.58. The van der Waals surface area contributed by atoms with Crippen molar-refractivity contribution >= 4 is 24.3 Å². The molecule has 84 valence electrons. The maximum atomic E-state index is 10.6. The minimum Gasteiger partial charge on any atom is -0.481 e. The van der Waals surface area contributed by atoms with Gasteiger partial charge in [0, 0.05) is 0 Å². The smallest absolute Gasteiger partial charge is 0.323 e. The molecule has 0 spiro atoms. The molecule has 3 N–H and O–H groups in total. The van der Waals surface area contributed by atoms with Crippen molar-refractivity contribution in [2.75, 3.05) is 14.1 Å². The van der Waals surface area contributed by atoms with Gasteiger partial charge in [0.1, 0.15) is 6.04 Å². The molecule has 0 radical (unpaired) electrons. The summed E-state index contributed by atoms with van der Waals surface area (Å²) in [5.41, 5.74) is 0. The number of nitrogens with zero attached hydrogens (tertiary/aromatic N) is 1. The number of halogens is 1. The predicted octanol–water partition coefficient (Wildman–Crippen LogP) is -0.741. The molecule has 0 fully saturated rings. The van der Waals surface area contributed by atoms with Crippen molar-refractivity contribution in [1.29, 1.82) is 0 Å². The maximum Gasteiger partial charge on any atom is 0.323 e. The van der Waals surface area contributed by atoms with E-state index in [1.165, 1.54) is 19.0 Å². The largest absolute Gasteiger partial charge is 0.481 e. The molecule has 0 aromatic heterocycles. The third-order valence-corrected chi connectivity index (χ3v) is 1.56. The zero-order chi connectivity index (χ0) is 10.6. The molecule has 0 aliphatic heterocycles. The Balaban J connectivity index is 0. The topological polar surface area (TPSA) is 98.1 Å². The number of carboxylic acids is 2. The van der Waals surface area contributed by atoms with E-state index in [2.05, 4.69) is 0 Å². The van der Waals surface area contributed by atoms with Crippen molar-refractivity contribution in [3.63, 3.8) is 0 Å². The fourth-order valence-electron chi connectivity index (χ4n) is 1.02. The molecule has 0 aromatic carbocycles. The Bertz CT molecular complexity index is 208. The number of likely N-dealkylation sites (N-methyl/N-ethyl adjacent to an activating group) is 1. The molecule has 1 unspecified atom stereocenters. The number of carbonyl (C=O) groups is 2. The van der Waals surface area contributed by atoms with Gasteiger partial charge in [-0.25, -0.2) is 0 Å². The molecular formula is C7H14ClNO5. The van der Waals surface area contributed by atoms with E-state index in [9.17, 15) is 14.7 Å². The van der Waals surface area contributed by atoms with Gasteiger partial charge in [0.2, 0.25) is 0 Å². The lowest BCUT2D eigenvalue weighted by Crippen LogP contribution is -2.46. The fraction of sp³-hybridized carbons (Fsp3) is 0.714. The van der Waals surface area contributed by atoms with E-state index in [4.69, 9.17) is 10.2 Å². The molecule has 0 heterocycles. The molecule has 6 nitrogen and oxygen atoms in total. The Kier molecular flexibility index (Phi) is 7.34. The van der Waals surface area contributed by atoms with Crippen molar-refractivity contribution in [3.05, 3.63) is 0 Å². The van der Waals surface area contributed by atoms with Crippen LogP contribution >= 0.6 is 12.4 Å². The first kappa shape index (κ1) is 15.6. The first-order valence-corrected chi connectivity index (χ1v) is 3.65. The third-order valence-electron chi connectivity index (χ3n) is 1.56. The van der Waals surface area contributed by atoms with Crippen LogP contribution in [0.1, 0.15) is 6.42 Å². The van der Waals surface area contributed by atoms with E-state index >= 15 is 0 Å². The Morgan fingerprint density at radius 3 is 1.93 bits per heavy atom. The van der Waals surface area contributed by atoms with Crippen molar-refractivity contribution in [3.8, 4) is 0 Å². The Morgan fingerprint density at radius 1 is 1.29 bits per heavy atom. The van der Waals surface area contributed by atoms with E-state index < -0.39 is 30.5 Å². The van der Waals surface area contributed by atoms with Gasteiger partial charge in [0.05, 0.1) is 12.5 Å². The van der Waals surface area contributed by atoms with E-state index in [-0.39, 0.29) is 12.4 Å². The van der Waals surface area contributed by atoms with Gasteiger partial charge in [-0.3, -0.25) is 14.5 Å². The molecule has 7 heteroatoms. The number of hydrogen-bond acceptors (Lipinski definition) is 4. The standard InChI is InChI=1S/C7H13NO5.ClH/c1-8(2)6(7(12)13)4(9)3-5(10)11;/h4,6,9H,3H2,1-2H3,(H,10,11)(H,12,13);1H/t4?,6-;/m0./s1. The second-order valence-corrected chi connectivity index (χ2v) is 2.91. The SMILES string of the molecule is CN(C)[C@H](C(=O)O)C(O)CC(=O)O.Cl. The van der Waals surface area contributed by atoms with Crippen LogP contribution in [0, 0.1) is 0 Å². The first-order chi connectivity index (χ1) is 5.86. The molecule has 0 aromatic rings.